The van der Waals surface area contributed by atoms with Crippen LogP contribution in [0.15, 0.2) is 22.5 Å². The second kappa shape index (κ2) is 7.12. The molecule has 3 rings (SSSR count). The van der Waals surface area contributed by atoms with E-state index in [0.717, 1.165) is 36.5 Å². The Morgan fingerprint density at radius 1 is 1.48 bits per heavy atom. The molecule has 1 aliphatic carbocycles. The molecular formula is C16H24N6S. The van der Waals surface area contributed by atoms with Gasteiger partial charge in [-0.2, -0.15) is 0 Å². The number of aryl methyl sites for hydroxylation is 1. The molecule has 6 nitrogen and oxygen atoms in total. The number of thiophene rings is 1. The maximum absolute atomic E-state index is 4.68. The first-order valence-corrected chi connectivity index (χ1v) is 8.93. The lowest BCUT2D eigenvalue weighted by atomic mass is 10.3. The lowest BCUT2D eigenvalue weighted by Gasteiger charge is -2.12. The summed E-state index contributed by atoms with van der Waals surface area (Å²) in [6, 6.07) is 4.81. The van der Waals surface area contributed by atoms with E-state index in [9.17, 15) is 0 Å². The summed E-state index contributed by atoms with van der Waals surface area (Å²) in [5.41, 5.74) is 0. The summed E-state index contributed by atoms with van der Waals surface area (Å²) in [7, 11) is 1.97. The van der Waals surface area contributed by atoms with Gasteiger partial charge in [0.25, 0.3) is 0 Å². The van der Waals surface area contributed by atoms with Gasteiger partial charge in [0.15, 0.2) is 11.8 Å². The SMILES string of the molecule is Cc1nnc(CN=C(NCCc2cccs2)NC2CC2C)n1C. The first kappa shape index (κ1) is 16.0. The summed E-state index contributed by atoms with van der Waals surface area (Å²) in [4.78, 5) is 6.07. The molecule has 1 aliphatic rings. The van der Waals surface area contributed by atoms with Gasteiger partial charge in [0, 0.05) is 24.5 Å². The highest BCUT2D eigenvalue weighted by Crippen LogP contribution is 2.28. The van der Waals surface area contributed by atoms with Gasteiger partial charge in [0.2, 0.25) is 0 Å². The van der Waals surface area contributed by atoms with Gasteiger partial charge in [-0.25, -0.2) is 4.99 Å². The lowest BCUT2D eigenvalue weighted by molar-refractivity contribution is 0.733. The molecule has 0 radical (unpaired) electrons. The van der Waals surface area contributed by atoms with Crippen LogP contribution >= 0.6 is 11.3 Å². The first-order chi connectivity index (χ1) is 11.1. The minimum atomic E-state index is 0.535. The third kappa shape index (κ3) is 4.31. The average Bonchev–Trinajstić information content (AvgIpc) is 2.91. The van der Waals surface area contributed by atoms with Crippen molar-refractivity contribution in [1.82, 2.24) is 25.4 Å². The third-order valence-corrected chi connectivity index (χ3v) is 5.17. The molecule has 23 heavy (non-hydrogen) atoms. The zero-order valence-electron chi connectivity index (χ0n) is 13.9. The third-order valence-electron chi connectivity index (χ3n) is 4.24. The summed E-state index contributed by atoms with van der Waals surface area (Å²) in [5.74, 6) is 3.39. The number of nitrogens with one attached hydrogen (secondary N) is 2. The number of nitrogens with zero attached hydrogens (tertiary/aromatic N) is 4. The van der Waals surface area contributed by atoms with Crippen LogP contribution in [0, 0.1) is 12.8 Å². The fourth-order valence-electron chi connectivity index (χ4n) is 2.35. The molecule has 0 amide bonds. The summed E-state index contributed by atoms with van der Waals surface area (Å²) in [5, 5.41) is 17.3. The molecule has 0 aromatic carbocycles. The number of rotatable bonds is 6. The van der Waals surface area contributed by atoms with Gasteiger partial charge in [-0.3, -0.25) is 0 Å². The van der Waals surface area contributed by atoms with E-state index in [1.54, 1.807) is 11.3 Å². The predicted molar refractivity (Wildman–Crippen MR) is 93.6 cm³/mol. The molecular weight excluding hydrogens is 308 g/mol. The molecule has 0 bridgehead atoms. The molecule has 2 aromatic rings. The van der Waals surface area contributed by atoms with Crippen LogP contribution in [0.1, 0.15) is 29.9 Å². The Labute approximate surface area is 141 Å². The molecule has 2 unspecified atom stereocenters. The van der Waals surface area contributed by atoms with Gasteiger partial charge >= 0.3 is 0 Å². The Bertz CT molecular complexity index is 660. The van der Waals surface area contributed by atoms with Crippen LogP contribution in [0.4, 0.5) is 0 Å². The van der Waals surface area contributed by atoms with Crippen LogP contribution in [0.3, 0.4) is 0 Å². The molecule has 2 atom stereocenters. The Kier molecular flexibility index (Phi) is 4.95. The standard InChI is InChI=1S/C16H24N6S/c1-11-9-14(11)19-16(17-7-6-13-5-4-8-23-13)18-10-15-21-20-12(2)22(15)3/h4-5,8,11,14H,6-7,9-10H2,1-3H3,(H2,17,18,19). The Morgan fingerprint density at radius 3 is 2.91 bits per heavy atom. The zero-order chi connectivity index (χ0) is 16.2. The number of hydrogen-bond acceptors (Lipinski definition) is 4. The highest BCUT2D eigenvalue weighted by molar-refractivity contribution is 7.09. The van der Waals surface area contributed by atoms with E-state index < -0.39 is 0 Å². The maximum atomic E-state index is 4.68. The number of aliphatic imine (C=N–C) groups is 1. The van der Waals surface area contributed by atoms with Crippen LogP contribution in [0.5, 0.6) is 0 Å². The average molecular weight is 332 g/mol. The van der Waals surface area contributed by atoms with Crippen molar-refractivity contribution in [2.24, 2.45) is 18.0 Å². The molecule has 0 spiro atoms. The van der Waals surface area contributed by atoms with Crippen molar-refractivity contribution in [3.05, 3.63) is 34.0 Å². The molecule has 124 valence electrons. The normalized spacial score (nSPS) is 20.6. The minimum Gasteiger partial charge on any atom is -0.356 e. The monoisotopic (exact) mass is 332 g/mol. The van der Waals surface area contributed by atoms with Gasteiger partial charge < -0.3 is 15.2 Å². The van der Waals surface area contributed by atoms with Gasteiger partial charge in [0.1, 0.15) is 12.4 Å². The molecule has 0 saturated heterocycles. The Morgan fingerprint density at radius 2 is 2.30 bits per heavy atom. The Balaban J connectivity index is 1.57. The first-order valence-electron chi connectivity index (χ1n) is 8.05. The summed E-state index contributed by atoms with van der Waals surface area (Å²) < 4.78 is 1.98. The van der Waals surface area contributed by atoms with Crippen LogP contribution in [-0.4, -0.2) is 33.3 Å². The van der Waals surface area contributed by atoms with Gasteiger partial charge in [-0.1, -0.05) is 13.0 Å². The zero-order valence-corrected chi connectivity index (χ0v) is 14.7. The Hall–Kier alpha value is -1.89. The van der Waals surface area contributed by atoms with E-state index in [2.05, 4.69) is 50.3 Å². The molecule has 2 heterocycles. The minimum absolute atomic E-state index is 0.535. The van der Waals surface area contributed by atoms with E-state index in [1.807, 2.05) is 18.5 Å². The fraction of sp³-hybridized carbons (Fsp3) is 0.562. The second-order valence-corrected chi connectivity index (χ2v) is 7.14. The highest BCUT2D eigenvalue weighted by atomic mass is 32.1. The molecule has 7 heteroatoms. The summed E-state index contributed by atoms with van der Waals surface area (Å²) in [6.07, 6.45) is 2.23. The van der Waals surface area contributed by atoms with E-state index in [0.29, 0.717) is 12.6 Å². The van der Waals surface area contributed by atoms with Crippen molar-refractivity contribution in [3.63, 3.8) is 0 Å². The molecule has 2 N–H and O–H groups in total. The maximum Gasteiger partial charge on any atom is 0.191 e. The number of hydrogen-bond donors (Lipinski definition) is 2. The van der Waals surface area contributed by atoms with Crippen molar-refractivity contribution in [2.75, 3.05) is 6.54 Å². The van der Waals surface area contributed by atoms with Gasteiger partial charge in [-0.15, -0.1) is 21.5 Å². The smallest absolute Gasteiger partial charge is 0.191 e. The fourth-order valence-corrected chi connectivity index (χ4v) is 3.06. The highest BCUT2D eigenvalue weighted by Gasteiger charge is 2.33. The second-order valence-electron chi connectivity index (χ2n) is 6.11. The quantitative estimate of drug-likeness (QED) is 0.626. The lowest BCUT2D eigenvalue weighted by Crippen LogP contribution is -2.40. The largest absolute Gasteiger partial charge is 0.356 e. The van der Waals surface area contributed by atoms with Crippen LogP contribution in [0.2, 0.25) is 0 Å². The van der Waals surface area contributed by atoms with Gasteiger partial charge in [-0.05, 0) is 37.1 Å². The van der Waals surface area contributed by atoms with E-state index in [1.165, 1.54) is 11.3 Å². The summed E-state index contributed by atoms with van der Waals surface area (Å²) in [6.45, 7) is 5.62. The van der Waals surface area contributed by atoms with Crippen LogP contribution < -0.4 is 10.6 Å². The van der Waals surface area contributed by atoms with Crippen LogP contribution in [0.25, 0.3) is 0 Å². The van der Waals surface area contributed by atoms with Crippen molar-refractivity contribution in [3.8, 4) is 0 Å². The van der Waals surface area contributed by atoms with E-state index >= 15 is 0 Å². The van der Waals surface area contributed by atoms with Gasteiger partial charge in [0.05, 0.1) is 0 Å². The summed E-state index contributed by atoms with van der Waals surface area (Å²) >= 11 is 1.79. The molecule has 1 saturated carbocycles. The van der Waals surface area contributed by atoms with Crippen molar-refractivity contribution >= 4 is 17.3 Å². The van der Waals surface area contributed by atoms with Crippen molar-refractivity contribution in [2.45, 2.75) is 39.3 Å². The topological polar surface area (TPSA) is 67.1 Å². The number of guanidine groups is 1. The van der Waals surface area contributed by atoms with Crippen molar-refractivity contribution in [1.29, 1.82) is 0 Å². The molecule has 0 aliphatic heterocycles. The van der Waals surface area contributed by atoms with Crippen molar-refractivity contribution < 1.29 is 0 Å². The molecule has 2 aromatic heterocycles. The van der Waals surface area contributed by atoms with Crippen LogP contribution in [-0.2, 0) is 20.0 Å². The molecule has 1 fully saturated rings. The van der Waals surface area contributed by atoms with E-state index in [-0.39, 0.29) is 0 Å². The predicted octanol–water partition coefficient (Wildman–Crippen LogP) is 1.87. The number of aromatic nitrogens is 3. The van der Waals surface area contributed by atoms with E-state index in [4.69, 9.17) is 0 Å².